The number of rotatable bonds is 6. The summed E-state index contributed by atoms with van der Waals surface area (Å²) in [5, 5.41) is 19.9. The van der Waals surface area contributed by atoms with Gasteiger partial charge in [-0.25, -0.2) is 14.2 Å². The van der Waals surface area contributed by atoms with E-state index in [-0.39, 0.29) is 40.7 Å². The number of thioether (sulfide) groups is 1. The van der Waals surface area contributed by atoms with Gasteiger partial charge in [-0.1, -0.05) is 30.0 Å². The van der Waals surface area contributed by atoms with Crippen molar-refractivity contribution >= 4 is 17.7 Å². The smallest absolute Gasteiger partial charge is 0.338 e. The molecule has 0 fully saturated rings. The van der Waals surface area contributed by atoms with E-state index in [0.29, 0.717) is 10.6 Å². The van der Waals surface area contributed by atoms with Gasteiger partial charge in [0.1, 0.15) is 34.3 Å². The molecule has 2 N–H and O–H groups in total. The monoisotopic (exact) mass is 476 g/mol. The van der Waals surface area contributed by atoms with Crippen LogP contribution in [0.2, 0.25) is 0 Å². The molecule has 1 aliphatic heterocycles. The van der Waals surface area contributed by atoms with Crippen LogP contribution >= 0.6 is 11.8 Å². The number of benzene rings is 1. The molecule has 1 aliphatic carbocycles. The first-order valence-corrected chi connectivity index (χ1v) is 11.7. The van der Waals surface area contributed by atoms with Gasteiger partial charge in [0.25, 0.3) is 0 Å². The number of carbonyl (C=O) groups is 1. The van der Waals surface area contributed by atoms with Crippen LogP contribution in [0.15, 0.2) is 58.1 Å². The van der Waals surface area contributed by atoms with Crippen LogP contribution in [0.1, 0.15) is 41.6 Å². The number of nitrogens with zero attached hydrogens (tertiary/aromatic N) is 3. The van der Waals surface area contributed by atoms with Crippen LogP contribution in [0, 0.1) is 28.5 Å². The Morgan fingerprint density at radius 3 is 2.82 bits per heavy atom. The van der Waals surface area contributed by atoms with Crippen molar-refractivity contribution in [3.05, 3.63) is 81.3 Å². The zero-order chi connectivity index (χ0) is 24.2. The molecule has 9 heteroatoms. The van der Waals surface area contributed by atoms with E-state index in [1.54, 1.807) is 13.0 Å². The molecule has 2 aromatic rings. The van der Waals surface area contributed by atoms with Gasteiger partial charge in [-0.05, 0) is 43.9 Å². The zero-order valence-electron chi connectivity index (χ0n) is 18.4. The van der Waals surface area contributed by atoms with Gasteiger partial charge in [-0.3, -0.25) is 0 Å². The van der Waals surface area contributed by atoms with Gasteiger partial charge in [0, 0.05) is 11.3 Å². The van der Waals surface area contributed by atoms with Crippen LogP contribution in [0.5, 0.6) is 0 Å². The maximum Gasteiger partial charge on any atom is 0.338 e. The highest BCUT2D eigenvalue weighted by atomic mass is 32.2. The van der Waals surface area contributed by atoms with Crippen LogP contribution < -0.4 is 5.73 Å². The first-order valence-electron chi connectivity index (χ1n) is 10.8. The second-order valence-corrected chi connectivity index (χ2v) is 8.67. The van der Waals surface area contributed by atoms with Crippen molar-refractivity contribution in [2.75, 3.05) is 12.4 Å². The number of hydrogen-bond acceptors (Lipinski definition) is 8. The van der Waals surface area contributed by atoms with Crippen LogP contribution in [0.3, 0.4) is 0 Å². The molecule has 1 aromatic heterocycles. The highest BCUT2D eigenvalue weighted by Gasteiger charge is 2.39. The second kappa shape index (κ2) is 9.98. The molecular formula is C25H21FN4O3S. The molecule has 7 nitrogen and oxygen atoms in total. The summed E-state index contributed by atoms with van der Waals surface area (Å²) in [6.45, 7) is 1.73. The molecule has 0 saturated heterocycles. The number of carbonyl (C=O) groups excluding carboxylic acids is 1. The third kappa shape index (κ3) is 4.35. The molecule has 2 aliphatic rings. The number of nitrogens with two attached hydrogens (primary N) is 1. The highest BCUT2D eigenvalue weighted by molar-refractivity contribution is 7.99. The summed E-state index contributed by atoms with van der Waals surface area (Å²) in [5.41, 5.74) is 8.56. The first kappa shape index (κ1) is 23.3. The molecule has 1 aromatic carbocycles. The summed E-state index contributed by atoms with van der Waals surface area (Å²) in [5.74, 6) is -2.39. The van der Waals surface area contributed by atoms with E-state index in [1.807, 2.05) is 12.1 Å². The minimum atomic E-state index is -1.09. The van der Waals surface area contributed by atoms with E-state index in [2.05, 4.69) is 11.1 Å². The summed E-state index contributed by atoms with van der Waals surface area (Å²) in [6, 6.07) is 11.9. The topological polar surface area (TPSA) is 122 Å². The third-order valence-electron chi connectivity index (χ3n) is 5.68. The predicted molar refractivity (Wildman–Crippen MR) is 122 cm³/mol. The van der Waals surface area contributed by atoms with E-state index in [0.717, 1.165) is 30.5 Å². The van der Waals surface area contributed by atoms with Crippen LogP contribution in [-0.2, 0) is 27.1 Å². The highest BCUT2D eigenvalue weighted by Crippen LogP contribution is 2.42. The van der Waals surface area contributed by atoms with E-state index in [9.17, 15) is 19.7 Å². The Hall–Kier alpha value is -3.82. The fourth-order valence-electron chi connectivity index (χ4n) is 4.15. The minimum Gasteiger partial charge on any atom is -0.463 e. The lowest BCUT2D eigenvalue weighted by atomic mass is 9.83. The fraction of sp³-hybridized carbons (Fsp3) is 0.280. The normalized spacial score (nSPS) is 17.0. The summed E-state index contributed by atoms with van der Waals surface area (Å²) < 4.78 is 25.7. The molecule has 34 heavy (non-hydrogen) atoms. The first-order chi connectivity index (χ1) is 16.5. The molecule has 2 heterocycles. The van der Waals surface area contributed by atoms with Crippen molar-refractivity contribution in [3.8, 4) is 12.1 Å². The van der Waals surface area contributed by atoms with Crippen molar-refractivity contribution in [2.45, 2.75) is 37.1 Å². The Morgan fingerprint density at radius 1 is 1.32 bits per heavy atom. The minimum absolute atomic E-state index is 0.00451. The van der Waals surface area contributed by atoms with Crippen LogP contribution in [0.4, 0.5) is 4.39 Å². The number of aromatic nitrogens is 1. The lowest BCUT2D eigenvalue weighted by Gasteiger charge is -2.28. The number of esters is 1. The van der Waals surface area contributed by atoms with Gasteiger partial charge < -0.3 is 15.2 Å². The number of halogens is 1. The Bertz CT molecular complexity index is 1310. The lowest BCUT2D eigenvalue weighted by molar-refractivity contribution is -0.139. The predicted octanol–water partition coefficient (Wildman–Crippen LogP) is 4.00. The lowest BCUT2D eigenvalue weighted by Crippen LogP contribution is -2.27. The molecule has 4 rings (SSSR count). The third-order valence-corrected chi connectivity index (χ3v) is 6.68. The molecule has 172 valence electrons. The van der Waals surface area contributed by atoms with Crippen molar-refractivity contribution < 1.29 is 18.7 Å². The second-order valence-electron chi connectivity index (χ2n) is 7.70. The molecule has 0 bridgehead atoms. The van der Waals surface area contributed by atoms with E-state index in [1.165, 1.54) is 30.0 Å². The summed E-state index contributed by atoms with van der Waals surface area (Å²) in [4.78, 5) is 17.7. The van der Waals surface area contributed by atoms with Crippen molar-refractivity contribution in [1.82, 2.24) is 4.98 Å². The molecule has 0 radical (unpaired) electrons. The molecule has 1 unspecified atom stereocenters. The SMILES string of the molecule is CCOC(=O)C1=C(CSc2nc3c(cc2C#N)CCC3)OC(N)=C(C#N)C1c1ccccc1F. The summed E-state index contributed by atoms with van der Waals surface area (Å²) in [6.07, 6.45) is 2.73. The Kier molecular flexibility index (Phi) is 6.85. The zero-order valence-corrected chi connectivity index (χ0v) is 19.2. The largest absolute Gasteiger partial charge is 0.463 e. The molecular weight excluding hydrogens is 455 g/mol. The van der Waals surface area contributed by atoms with Gasteiger partial charge in [0.2, 0.25) is 5.88 Å². The Labute approximate surface area is 200 Å². The Balaban J connectivity index is 1.78. The van der Waals surface area contributed by atoms with E-state index >= 15 is 0 Å². The average molecular weight is 477 g/mol. The molecule has 0 amide bonds. The number of ether oxygens (including phenoxy) is 2. The number of fused-ring (bicyclic) bond motifs is 1. The van der Waals surface area contributed by atoms with Gasteiger partial charge in [-0.2, -0.15) is 10.5 Å². The number of nitriles is 2. The van der Waals surface area contributed by atoms with E-state index in [4.69, 9.17) is 15.2 Å². The van der Waals surface area contributed by atoms with Gasteiger partial charge in [0.05, 0.1) is 29.4 Å². The van der Waals surface area contributed by atoms with Crippen LogP contribution in [-0.4, -0.2) is 23.3 Å². The quantitative estimate of drug-likeness (QED) is 0.490. The van der Waals surface area contributed by atoms with E-state index < -0.39 is 17.7 Å². The summed E-state index contributed by atoms with van der Waals surface area (Å²) in [7, 11) is 0. The average Bonchev–Trinajstić information content (AvgIpc) is 3.29. The maximum absolute atomic E-state index is 14.8. The van der Waals surface area contributed by atoms with Crippen molar-refractivity contribution in [3.63, 3.8) is 0 Å². The van der Waals surface area contributed by atoms with Gasteiger partial charge in [0.15, 0.2) is 0 Å². The maximum atomic E-state index is 14.8. The number of pyridine rings is 1. The number of hydrogen-bond donors (Lipinski definition) is 1. The Morgan fingerprint density at radius 2 is 2.12 bits per heavy atom. The van der Waals surface area contributed by atoms with Crippen molar-refractivity contribution in [1.29, 1.82) is 10.5 Å². The van der Waals surface area contributed by atoms with Crippen molar-refractivity contribution in [2.24, 2.45) is 5.73 Å². The number of allylic oxidation sites excluding steroid dienone is 1. The fourth-order valence-corrected chi connectivity index (χ4v) is 5.07. The standard InChI is InChI=1S/C25H21FN4O3S/c1-2-32-25(31)22-20(13-34-24-15(11-27)10-14-6-5-9-19(14)30-24)33-23(29)17(12-28)21(22)16-7-3-4-8-18(16)26/h3-4,7-8,10,21H,2,5-6,9,13,29H2,1H3. The van der Waals surface area contributed by atoms with Gasteiger partial charge >= 0.3 is 5.97 Å². The van der Waals surface area contributed by atoms with Crippen LogP contribution in [0.25, 0.3) is 0 Å². The number of aryl methyl sites for hydroxylation is 2. The molecule has 0 saturated carbocycles. The molecule has 1 atom stereocenters. The van der Waals surface area contributed by atoms with Gasteiger partial charge in [-0.15, -0.1) is 0 Å². The summed E-state index contributed by atoms with van der Waals surface area (Å²) >= 11 is 1.22. The molecule has 0 spiro atoms.